The lowest BCUT2D eigenvalue weighted by molar-refractivity contribution is 0.0734. The Hall–Kier alpha value is -2.15. The molecule has 3 heterocycles. The van der Waals surface area contributed by atoms with E-state index in [4.69, 9.17) is 11.6 Å². The molecule has 0 bridgehead atoms. The number of rotatable bonds is 3. The van der Waals surface area contributed by atoms with Crippen molar-refractivity contribution in [2.75, 3.05) is 31.1 Å². The van der Waals surface area contributed by atoms with Crippen LogP contribution in [0.5, 0.6) is 0 Å². The zero-order valence-corrected chi connectivity index (χ0v) is 14.0. The number of carbonyl (C=O) groups is 1. The van der Waals surface area contributed by atoms with Gasteiger partial charge in [0, 0.05) is 45.1 Å². The van der Waals surface area contributed by atoms with Crippen molar-refractivity contribution in [1.29, 1.82) is 0 Å². The molecule has 1 saturated heterocycles. The van der Waals surface area contributed by atoms with Crippen LogP contribution < -0.4 is 4.90 Å². The topological polar surface area (TPSA) is 67.2 Å². The number of hydrogen-bond donors (Lipinski definition) is 0. The molecular formula is C15H19ClN6O. The van der Waals surface area contributed by atoms with Gasteiger partial charge in [-0.15, -0.1) is 0 Å². The first kappa shape index (κ1) is 15.7. The molecule has 0 atom stereocenters. The fourth-order valence-corrected chi connectivity index (χ4v) is 2.92. The summed E-state index contributed by atoms with van der Waals surface area (Å²) in [4.78, 5) is 25.2. The number of carbonyl (C=O) groups excluding carboxylic acids is 1. The van der Waals surface area contributed by atoms with E-state index in [-0.39, 0.29) is 5.91 Å². The zero-order chi connectivity index (χ0) is 16.4. The van der Waals surface area contributed by atoms with E-state index in [1.54, 1.807) is 23.1 Å². The fourth-order valence-electron chi connectivity index (χ4n) is 2.71. The standard InChI is InChI=1S/C15H19ClN6O/c1-3-22-13(12(16)11(2)19-22)14(23)20-7-9-21(10-8-20)15-17-5-4-6-18-15/h4-6H,3,7-10H2,1-2H3. The Morgan fingerprint density at radius 1 is 1.22 bits per heavy atom. The Labute approximate surface area is 139 Å². The largest absolute Gasteiger partial charge is 0.337 e. The number of nitrogens with zero attached hydrogens (tertiary/aromatic N) is 6. The summed E-state index contributed by atoms with van der Waals surface area (Å²) in [6.45, 7) is 7.01. The van der Waals surface area contributed by atoms with Gasteiger partial charge in [0.1, 0.15) is 5.69 Å². The maximum Gasteiger partial charge on any atom is 0.273 e. The average Bonchev–Trinajstić information content (AvgIpc) is 2.89. The van der Waals surface area contributed by atoms with Crippen molar-refractivity contribution in [3.63, 3.8) is 0 Å². The van der Waals surface area contributed by atoms with Crippen molar-refractivity contribution in [3.8, 4) is 0 Å². The molecule has 0 unspecified atom stereocenters. The molecule has 0 spiro atoms. The lowest BCUT2D eigenvalue weighted by atomic mass is 10.2. The first-order chi connectivity index (χ1) is 11.1. The smallest absolute Gasteiger partial charge is 0.273 e. The van der Waals surface area contributed by atoms with Crippen LogP contribution >= 0.6 is 11.6 Å². The van der Waals surface area contributed by atoms with Crippen LogP contribution in [0.1, 0.15) is 23.1 Å². The fraction of sp³-hybridized carbons (Fsp3) is 0.467. The van der Waals surface area contributed by atoms with E-state index in [2.05, 4.69) is 20.0 Å². The molecule has 1 aliphatic rings. The Bertz CT molecular complexity index is 693. The molecule has 122 valence electrons. The molecule has 1 fully saturated rings. The second-order valence-corrected chi connectivity index (χ2v) is 5.77. The third-order valence-corrected chi connectivity index (χ3v) is 4.41. The van der Waals surface area contributed by atoms with E-state index in [0.29, 0.717) is 55.1 Å². The van der Waals surface area contributed by atoms with Crippen molar-refractivity contribution < 1.29 is 4.79 Å². The predicted octanol–water partition coefficient (Wildman–Crippen LogP) is 1.62. The van der Waals surface area contributed by atoms with Gasteiger partial charge >= 0.3 is 0 Å². The molecule has 2 aromatic heterocycles. The molecule has 2 aromatic rings. The number of aryl methyl sites for hydroxylation is 2. The quantitative estimate of drug-likeness (QED) is 0.853. The molecule has 0 saturated carbocycles. The predicted molar refractivity (Wildman–Crippen MR) is 87.8 cm³/mol. The van der Waals surface area contributed by atoms with Crippen LogP contribution in [-0.4, -0.2) is 56.7 Å². The maximum atomic E-state index is 12.8. The van der Waals surface area contributed by atoms with Gasteiger partial charge in [-0.2, -0.15) is 5.10 Å². The van der Waals surface area contributed by atoms with Crippen molar-refractivity contribution in [2.45, 2.75) is 20.4 Å². The monoisotopic (exact) mass is 334 g/mol. The van der Waals surface area contributed by atoms with E-state index in [1.807, 2.05) is 18.7 Å². The summed E-state index contributed by atoms with van der Waals surface area (Å²) in [5.41, 5.74) is 1.17. The van der Waals surface area contributed by atoms with Crippen LogP contribution in [0.2, 0.25) is 5.02 Å². The summed E-state index contributed by atoms with van der Waals surface area (Å²) in [6.07, 6.45) is 3.45. The summed E-state index contributed by atoms with van der Waals surface area (Å²) < 4.78 is 1.67. The molecule has 0 aromatic carbocycles. The lowest BCUT2D eigenvalue weighted by Gasteiger charge is -2.34. The number of aromatic nitrogens is 4. The summed E-state index contributed by atoms with van der Waals surface area (Å²) in [5.74, 6) is 0.637. The minimum Gasteiger partial charge on any atom is -0.337 e. The summed E-state index contributed by atoms with van der Waals surface area (Å²) in [5, 5.41) is 4.76. The SMILES string of the molecule is CCn1nc(C)c(Cl)c1C(=O)N1CCN(c2ncccn2)CC1. The molecule has 7 nitrogen and oxygen atoms in total. The number of amides is 1. The Kier molecular flexibility index (Phi) is 4.47. The minimum absolute atomic E-state index is 0.0638. The van der Waals surface area contributed by atoms with E-state index in [9.17, 15) is 4.79 Å². The normalized spacial score (nSPS) is 15.1. The summed E-state index contributed by atoms with van der Waals surface area (Å²) >= 11 is 6.27. The second-order valence-electron chi connectivity index (χ2n) is 5.39. The summed E-state index contributed by atoms with van der Waals surface area (Å²) in [6, 6.07) is 1.79. The van der Waals surface area contributed by atoms with Gasteiger partial charge in [0.15, 0.2) is 0 Å². The molecule has 0 N–H and O–H groups in total. The van der Waals surface area contributed by atoms with Crippen LogP contribution in [0.25, 0.3) is 0 Å². The van der Waals surface area contributed by atoms with E-state index in [1.165, 1.54) is 0 Å². The number of halogens is 1. The van der Waals surface area contributed by atoms with Crippen molar-refractivity contribution in [1.82, 2.24) is 24.6 Å². The summed E-state index contributed by atoms with van der Waals surface area (Å²) in [7, 11) is 0. The molecule has 23 heavy (non-hydrogen) atoms. The van der Waals surface area contributed by atoms with Crippen molar-refractivity contribution in [2.24, 2.45) is 0 Å². The van der Waals surface area contributed by atoms with E-state index in [0.717, 1.165) is 0 Å². The zero-order valence-electron chi connectivity index (χ0n) is 13.2. The average molecular weight is 335 g/mol. The first-order valence-electron chi connectivity index (χ1n) is 7.66. The molecule has 1 amide bonds. The highest BCUT2D eigenvalue weighted by Crippen LogP contribution is 2.22. The third kappa shape index (κ3) is 3.01. The van der Waals surface area contributed by atoms with E-state index >= 15 is 0 Å². The first-order valence-corrected chi connectivity index (χ1v) is 8.03. The Balaban J connectivity index is 1.72. The highest BCUT2D eigenvalue weighted by atomic mass is 35.5. The van der Waals surface area contributed by atoms with Gasteiger partial charge in [0.05, 0.1) is 10.7 Å². The molecule has 0 aliphatic carbocycles. The van der Waals surface area contributed by atoms with Gasteiger partial charge in [0.25, 0.3) is 5.91 Å². The molecular weight excluding hydrogens is 316 g/mol. The van der Waals surface area contributed by atoms with Crippen LogP contribution in [0.4, 0.5) is 5.95 Å². The number of anilines is 1. The van der Waals surface area contributed by atoms with Crippen LogP contribution in [0, 0.1) is 6.92 Å². The highest BCUT2D eigenvalue weighted by molar-refractivity contribution is 6.34. The van der Waals surface area contributed by atoms with Crippen molar-refractivity contribution >= 4 is 23.5 Å². The van der Waals surface area contributed by atoms with Crippen LogP contribution in [0.15, 0.2) is 18.5 Å². The minimum atomic E-state index is -0.0638. The number of hydrogen-bond acceptors (Lipinski definition) is 5. The molecule has 8 heteroatoms. The second kappa shape index (κ2) is 6.54. The highest BCUT2D eigenvalue weighted by Gasteiger charge is 2.28. The number of piperazine rings is 1. The van der Waals surface area contributed by atoms with Gasteiger partial charge in [-0.25, -0.2) is 9.97 Å². The Morgan fingerprint density at radius 2 is 1.87 bits per heavy atom. The third-order valence-electron chi connectivity index (χ3n) is 3.96. The maximum absolute atomic E-state index is 12.8. The molecule has 0 radical (unpaired) electrons. The van der Waals surface area contributed by atoms with Crippen LogP contribution in [-0.2, 0) is 6.54 Å². The van der Waals surface area contributed by atoms with Gasteiger partial charge in [-0.05, 0) is 19.9 Å². The molecule has 1 aliphatic heterocycles. The van der Waals surface area contributed by atoms with Gasteiger partial charge < -0.3 is 9.80 Å². The lowest BCUT2D eigenvalue weighted by Crippen LogP contribution is -2.49. The Morgan fingerprint density at radius 3 is 2.48 bits per heavy atom. The van der Waals surface area contributed by atoms with Crippen LogP contribution in [0.3, 0.4) is 0 Å². The van der Waals surface area contributed by atoms with Crippen molar-refractivity contribution in [3.05, 3.63) is 34.9 Å². The molecule has 3 rings (SSSR count). The van der Waals surface area contributed by atoms with E-state index < -0.39 is 0 Å². The van der Waals surface area contributed by atoms with Gasteiger partial charge in [-0.1, -0.05) is 11.6 Å². The van der Waals surface area contributed by atoms with Gasteiger partial charge in [0.2, 0.25) is 5.95 Å². The van der Waals surface area contributed by atoms with Gasteiger partial charge in [-0.3, -0.25) is 9.48 Å².